The van der Waals surface area contributed by atoms with Crippen LogP contribution in [-0.2, 0) is 9.53 Å². The maximum absolute atomic E-state index is 10.1. The zero-order valence-corrected chi connectivity index (χ0v) is 7.22. The van der Waals surface area contributed by atoms with Gasteiger partial charge in [-0.3, -0.25) is 0 Å². The van der Waals surface area contributed by atoms with Crippen molar-refractivity contribution >= 4 is 22.2 Å². The van der Waals surface area contributed by atoms with E-state index in [4.69, 9.17) is 4.74 Å². The van der Waals surface area contributed by atoms with Crippen molar-refractivity contribution in [3.05, 3.63) is 0 Å². The highest BCUT2D eigenvalue weighted by Crippen LogP contribution is 2.09. The number of hydrogen-bond donors (Lipinski definition) is 0. The summed E-state index contributed by atoms with van der Waals surface area (Å²) in [6.45, 7) is 2.58. The summed E-state index contributed by atoms with van der Waals surface area (Å²) in [5.74, 6) is 0.257. The number of ether oxygens (including phenoxy) is 1. The summed E-state index contributed by atoms with van der Waals surface area (Å²) in [4.78, 5) is 10.0. The Kier molecular flexibility index (Phi) is 5.00. The molecule has 0 amide bonds. The second kappa shape index (κ2) is 4.94. The highest BCUT2D eigenvalue weighted by Gasteiger charge is 2.11. The van der Waals surface area contributed by atoms with Crippen LogP contribution in [0, 0.1) is 5.92 Å². The molecule has 0 aromatic rings. The van der Waals surface area contributed by atoms with E-state index in [2.05, 4.69) is 15.9 Å². The second-order valence-electron chi connectivity index (χ2n) is 2.01. The van der Waals surface area contributed by atoms with E-state index >= 15 is 0 Å². The van der Waals surface area contributed by atoms with Gasteiger partial charge in [0.25, 0.3) is 0 Å². The summed E-state index contributed by atoms with van der Waals surface area (Å²) in [6.07, 6.45) is 0.879. The third kappa shape index (κ3) is 3.65. The third-order valence-corrected chi connectivity index (χ3v) is 2.22. The molecule has 0 aliphatic heterocycles. The topological polar surface area (TPSA) is 26.3 Å². The molecular weight excluding hydrogens is 184 g/mol. The van der Waals surface area contributed by atoms with E-state index in [1.165, 1.54) is 0 Å². The maximum atomic E-state index is 10.1. The van der Waals surface area contributed by atoms with E-state index in [0.717, 1.165) is 6.29 Å². The van der Waals surface area contributed by atoms with Gasteiger partial charge in [0.1, 0.15) is 6.29 Å². The lowest BCUT2D eigenvalue weighted by Gasteiger charge is -2.10. The third-order valence-electron chi connectivity index (χ3n) is 1.10. The lowest BCUT2D eigenvalue weighted by molar-refractivity contribution is -0.108. The predicted octanol–water partition coefficient (Wildman–Crippen LogP) is 1.23. The number of aldehydes is 1. The fourth-order valence-corrected chi connectivity index (χ4v) is 0.642. The molecule has 0 bridgehead atoms. The van der Waals surface area contributed by atoms with Crippen LogP contribution >= 0.6 is 15.9 Å². The Morgan fingerprint density at radius 2 is 2.33 bits per heavy atom. The van der Waals surface area contributed by atoms with Crippen LogP contribution in [0.15, 0.2) is 0 Å². The minimum atomic E-state index is -0.0718. The fraction of sp³-hybridized carbons (Fsp3) is 0.833. The van der Waals surface area contributed by atoms with Crippen molar-refractivity contribution in [2.45, 2.75) is 11.8 Å². The van der Waals surface area contributed by atoms with E-state index < -0.39 is 0 Å². The molecule has 0 aromatic heterocycles. The van der Waals surface area contributed by atoms with Crippen molar-refractivity contribution in [1.29, 1.82) is 0 Å². The standard InChI is InChI=1S/C6H11BrO2/c1-5(4-9-2)6(7)3-8/h3,5-6H,4H2,1-2H3. The second-order valence-corrected chi connectivity index (χ2v) is 3.07. The van der Waals surface area contributed by atoms with Crippen molar-refractivity contribution in [2.75, 3.05) is 13.7 Å². The van der Waals surface area contributed by atoms with Gasteiger partial charge in [0.2, 0.25) is 0 Å². The number of hydrogen-bond acceptors (Lipinski definition) is 2. The summed E-state index contributed by atoms with van der Waals surface area (Å²) in [6, 6.07) is 0. The fourth-order valence-electron chi connectivity index (χ4n) is 0.489. The predicted molar refractivity (Wildman–Crippen MR) is 39.8 cm³/mol. The first-order chi connectivity index (χ1) is 4.22. The highest BCUT2D eigenvalue weighted by molar-refractivity contribution is 9.09. The van der Waals surface area contributed by atoms with Crippen LogP contribution in [0.25, 0.3) is 0 Å². The Morgan fingerprint density at radius 3 is 2.67 bits per heavy atom. The molecule has 0 N–H and O–H groups in total. The molecule has 54 valence electrons. The van der Waals surface area contributed by atoms with Gasteiger partial charge < -0.3 is 9.53 Å². The Hall–Kier alpha value is 0.110. The van der Waals surface area contributed by atoms with Crippen LogP contribution in [0.3, 0.4) is 0 Å². The van der Waals surface area contributed by atoms with Crippen molar-refractivity contribution in [1.82, 2.24) is 0 Å². The number of methoxy groups -OCH3 is 1. The molecule has 0 heterocycles. The van der Waals surface area contributed by atoms with Gasteiger partial charge in [-0.1, -0.05) is 22.9 Å². The molecule has 0 fully saturated rings. The van der Waals surface area contributed by atoms with Crippen LogP contribution in [0.4, 0.5) is 0 Å². The first kappa shape index (κ1) is 9.11. The van der Waals surface area contributed by atoms with Gasteiger partial charge in [-0.2, -0.15) is 0 Å². The summed E-state index contributed by atoms with van der Waals surface area (Å²) in [5.41, 5.74) is 0. The van der Waals surface area contributed by atoms with Crippen LogP contribution in [0.1, 0.15) is 6.92 Å². The first-order valence-corrected chi connectivity index (χ1v) is 3.72. The molecule has 0 aromatic carbocycles. The molecule has 0 rings (SSSR count). The number of carbonyl (C=O) groups is 1. The normalized spacial score (nSPS) is 16.8. The minimum Gasteiger partial charge on any atom is -0.384 e. The van der Waals surface area contributed by atoms with Crippen molar-refractivity contribution in [3.8, 4) is 0 Å². The van der Waals surface area contributed by atoms with Crippen molar-refractivity contribution in [2.24, 2.45) is 5.92 Å². The monoisotopic (exact) mass is 194 g/mol. The van der Waals surface area contributed by atoms with Gasteiger partial charge in [0.15, 0.2) is 0 Å². The summed E-state index contributed by atoms with van der Waals surface area (Å²) in [7, 11) is 1.63. The number of carbonyl (C=O) groups excluding carboxylic acids is 1. The van der Waals surface area contributed by atoms with E-state index in [0.29, 0.717) is 6.61 Å². The molecular formula is C6H11BrO2. The molecule has 0 saturated heterocycles. The Bertz CT molecular complexity index is 85.1. The largest absolute Gasteiger partial charge is 0.384 e. The maximum Gasteiger partial charge on any atom is 0.133 e. The summed E-state index contributed by atoms with van der Waals surface area (Å²) >= 11 is 3.20. The molecule has 2 unspecified atom stereocenters. The minimum absolute atomic E-state index is 0.0718. The van der Waals surface area contributed by atoms with Gasteiger partial charge in [-0.15, -0.1) is 0 Å². The average molecular weight is 195 g/mol. The molecule has 0 radical (unpaired) electrons. The van der Waals surface area contributed by atoms with Crippen LogP contribution in [-0.4, -0.2) is 24.8 Å². The number of alkyl halides is 1. The molecule has 3 heteroatoms. The molecule has 2 atom stereocenters. The van der Waals surface area contributed by atoms with Crippen molar-refractivity contribution in [3.63, 3.8) is 0 Å². The lowest BCUT2D eigenvalue weighted by atomic mass is 10.1. The molecule has 9 heavy (non-hydrogen) atoms. The molecule has 0 aliphatic carbocycles. The summed E-state index contributed by atoms with van der Waals surface area (Å²) in [5, 5.41) is 0. The SMILES string of the molecule is COCC(C)C(Br)C=O. The smallest absolute Gasteiger partial charge is 0.133 e. The van der Waals surface area contributed by atoms with Gasteiger partial charge in [-0.05, 0) is 5.92 Å². The average Bonchev–Trinajstić information content (AvgIpc) is 1.87. The zero-order valence-electron chi connectivity index (χ0n) is 5.63. The quantitative estimate of drug-likeness (QED) is 0.498. The molecule has 0 saturated carbocycles. The lowest BCUT2D eigenvalue weighted by Crippen LogP contribution is -2.16. The van der Waals surface area contributed by atoms with Crippen LogP contribution in [0.5, 0.6) is 0 Å². The van der Waals surface area contributed by atoms with Gasteiger partial charge in [0.05, 0.1) is 11.4 Å². The van der Waals surface area contributed by atoms with Crippen LogP contribution < -0.4 is 0 Å². The molecule has 0 spiro atoms. The summed E-state index contributed by atoms with van der Waals surface area (Å²) < 4.78 is 4.84. The van der Waals surface area contributed by atoms with Gasteiger partial charge in [-0.25, -0.2) is 0 Å². The van der Waals surface area contributed by atoms with E-state index in [1.807, 2.05) is 6.92 Å². The van der Waals surface area contributed by atoms with Crippen molar-refractivity contribution < 1.29 is 9.53 Å². The van der Waals surface area contributed by atoms with E-state index in [1.54, 1.807) is 7.11 Å². The van der Waals surface area contributed by atoms with Crippen LogP contribution in [0.2, 0.25) is 0 Å². The highest BCUT2D eigenvalue weighted by atomic mass is 79.9. The molecule has 0 aliphatic rings. The van der Waals surface area contributed by atoms with E-state index in [9.17, 15) is 4.79 Å². The van der Waals surface area contributed by atoms with Gasteiger partial charge in [0, 0.05) is 7.11 Å². The Morgan fingerprint density at radius 1 is 1.78 bits per heavy atom. The zero-order chi connectivity index (χ0) is 7.28. The van der Waals surface area contributed by atoms with Gasteiger partial charge >= 0.3 is 0 Å². The number of rotatable bonds is 4. The van der Waals surface area contributed by atoms with E-state index in [-0.39, 0.29) is 10.7 Å². The first-order valence-electron chi connectivity index (χ1n) is 2.80. The Balaban J connectivity index is 3.44. The Labute approximate surface area is 63.7 Å². The number of halogens is 1. The molecule has 2 nitrogen and oxygen atoms in total.